The lowest BCUT2D eigenvalue weighted by Crippen LogP contribution is -2.54. The summed E-state index contributed by atoms with van der Waals surface area (Å²) in [6, 6.07) is 11.5. The van der Waals surface area contributed by atoms with Gasteiger partial charge in [-0.25, -0.2) is 0 Å². The maximum absolute atomic E-state index is 13.3. The van der Waals surface area contributed by atoms with E-state index in [2.05, 4.69) is 5.32 Å². The minimum atomic E-state index is -0.683. The van der Waals surface area contributed by atoms with E-state index in [1.807, 2.05) is 33.8 Å². The fourth-order valence-corrected chi connectivity index (χ4v) is 3.49. The number of para-hydroxylation sites is 2. The van der Waals surface area contributed by atoms with Gasteiger partial charge in [-0.1, -0.05) is 48.3 Å². The lowest BCUT2D eigenvalue weighted by Gasteiger charge is -2.33. The van der Waals surface area contributed by atoms with Gasteiger partial charge in [0.15, 0.2) is 18.1 Å². The number of rotatable bonds is 9. The molecule has 2 rings (SSSR count). The van der Waals surface area contributed by atoms with Crippen LogP contribution in [0.2, 0.25) is 10.0 Å². The quantitative estimate of drug-likeness (QED) is 0.541. The minimum absolute atomic E-state index is 0.182. The van der Waals surface area contributed by atoms with Crippen molar-refractivity contribution < 1.29 is 19.1 Å². The summed E-state index contributed by atoms with van der Waals surface area (Å²) < 4.78 is 11.0. The number of carbonyl (C=O) groups is 2. The molecule has 0 spiro atoms. The number of amides is 2. The number of methoxy groups -OCH3 is 1. The lowest BCUT2D eigenvalue weighted by molar-refractivity contribution is -0.143. The number of hydrogen-bond donors (Lipinski definition) is 1. The Morgan fingerprint density at radius 1 is 1.06 bits per heavy atom. The van der Waals surface area contributed by atoms with E-state index in [0.717, 1.165) is 5.56 Å². The maximum Gasteiger partial charge on any atom is 0.261 e. The highest BCUT2D eigenvalue weighted by Gasteiger charge is 2.31. The molecule has 0 aliphatic carbocycles. The molecule has 1 N–H and O–H groups in total. The van der Waals surface area contributed by atoms with E-state index in [1.165, 1.54) is 12.0 Å². The fraction of sp³-hybridized carbons (Fsp3) is 0.417. The van der Waals surface area contributed by atoms with E-state index in [-0.39, 0.29) is 25.0 Å². The summed E-state index contributed by atoms with van der Waals surface area (Å²) >= 11 is 12.2. The van der Waals surface area contributed by atoms with Crippen molar-refractivity contribution in [2.45, 2.75) is 52.2 Å². The first-order chi connectivity index (χ1) is 15.1. The monoisotopic (exact) mass is 480 g/mol. The summed E-state index contributed by atoms with van der Waals surface area (Å²) in [5, 5.41) is 3.77. The molecule has 1 unspecified atom stereocenters. The first-order valence-electron chi connectivity index (χ1n) is 10.4. The van der Waals surface area contributed by atoms with E-state index in [4.69, 9.17) is 32.7 Å². The molecule has 0 aliphatic heterocycles. The third-order valence-corrected chi connectivity index (χ3v) is 5.38. The van der Waals surface area contributed by atoms with Crippen molar-refractivity contribution in [3.05, 3.63) is 58.1 Å². The minimum Gasteiger partial charge on any atom is -0.493 e. The molecule has 1 atom stereocenters. The number of ether oxygens (including phenoxy) is 2. The molecule has 174 valence electrons. The van der Waals surface area contributed by atoms with Crippen LogP contribution in [0.4, 0.5) is 0 Å². The van der Waals surface area contributed by atoms with Crippen LogP contribution in [0.3, 0.4) is 0 Å². The summed E-state index contributed by atoms with van der Waals surface area (Å²) in [7, 11) is 1.53. The molecular formula is C24H30Cl2N2O4. The molecule has 32 heavy (non-hydrogen) atoms. The SMILES string of the molecule is CCC(C(=O)NC(C)(C)C)N(Cc1ccc(Cl)c(Cl)c1)C(=O)COc1ccccc1OC. The van der Waals surface area contributed by atoms with Crippen LogP contribution in [0, 0.1) is 0 Å². The molecule has 0 aromatic heterocycles. The Labute approximate surface area is 199 Å². The number of carbonyl (C=O) groups excluding carboxylic acids is 2. The van der Waals surface area contributed by atoms with Gasteiger partial charge in [0, 0.05) is 12.1 Å². The second-order valence-electron chi connectivity index (χ2n) is 8.37. The van der Waals surface area contributed by atoms with Gasteiger partial charge < -0.3 is 19.7 Å². The first-order valence-corrected chi connectivity index (χ1v) is 11.1. The number of halogens is 2. The molecule has 2 aromatic carbocycles. The standard InChI is InChI=1S/C24H30Cl2N2O4/c1-6-19(23(30)27-24(2,3)4)28(14-16-11-12-17(25)18(26)13-16)22(29)15-32-21-10-8-7-9-20(21)31-5/h7-13,19H,6,14-15H2,1-5H3,(H,27,30). The molecule has 0 radical (unpaired) electrons. The van der Waals surface area contributed by atoms with E-state index < -0.39 is 11.6 Å². The average Bonchev–Trinajstić information content (AvgIpc) is 2.73. The second kappa shape index (κ2) is 11.4. The van der Waals surface area contributed by atoms with Gasteiger partial charge in [0.25, 0.3) is 5.91 Å². The number of nitrogens with zero attached hydrogens (tertiary/aromatic N) is 1. The Kier molecular flexibility index (Phi) is 9.22. The summed E-state index contributed by atoms with van der Waals surface area (Å²) in [4.78, 5) is 27.8. The van der Waals surface area contributed by atoms with Crippen LogP contribution in [-0.4, -0.2) is 42.0 Å². The number of nitrogens with one attached hydrogen (secondary N) is 1. The summed E-state index contributed by atoms with van der Waals surface area (Å²) in [6.07, 6.45) is 0.434. The Morgan fingerprint density at radius 2 is 1.72 bits per heavy atom. The average molecular weight is 481 g/mol. The van der Waals surface area contributed by atoms with Gasteiger partial charge in [-0.05, 0) is 57.0 Å². The van der Waals surface area contributed by atoms with Crippen LogP contribution in [0.15, 0.2) is 42.5 Å². The van der Waals surface area contributed by atoms with Gasteiger partial charge in [0.2, 0.25) is 5.91 Å². The zero-order valence-corrected chi connectivity index (χ0v) is 20.6. The zero-order valence-electron chi connectivity index (χ0n) is 19.1. The number of benzene rings is 2. The van der Waals surface area contributed by atoms with Crippen LogP contribution in [0.25, 0.3) is 0 Å². The van der Waals surface area contributed by atoms with Gasteiger partial charge in [0.1, 0.15) is 6.04 Å². The molecule has 0 fully saturated rings. The molecule has 6 nitrogen and oxygen atoms in total. The summed E-state index contributed by atoms with van der Waals surface area (Å²) in [6.45, 7) is 7.49. The predicted molar refractivity (Wildman–Crippen MR) is 127 cm³/mol. The topological polar surface area (TPSA) is 67.9 Å². The summed E-state index contributed by atoms with van der Waals surface area (Å²) in [5.74, 6) is 0.405. The van der Waals surface area contributed by atoms with Gasteiger partial charge in [-0.3, -0.25) is 9.59 Å². The molecule has 0 heterocycles. The van der Waals surface area contributed by atoms with Crippen molar-refractivity contribution in [1.29, 1.82) is 0 Å². The van der Waals surface area contributed by atoms with Gasteiger partial charge in [-0.2, -0.15) is 0 Å². The predicted octanol–water partition coefficient (Wildman–Crippen LogP) is 5.10. The Bertz CT molecular complexity index is 944. The molecule has 2 aromatic rings. The zero-order chi connectivity index (χ0) is 23.9. The van der Waals surface area contributed by atoms with E-state index >= 15 is 0 Å². The Morgan fingerprint density at radius 3 is 2.28 bits per heavy atom. The van der Waals surface area contributed by atoms with Crippen LogP contribution in [-0.2, 0) is 16.1 Å². The third-order valence-electron chi connectivity index (χ3n) is 4.64. The highest BCUT2D eigenvalue weighted by Crippen LogP contribution is 2.27. The lowest BCUT2D eigenvalue weighted by atomic mass is 10.1. The molecule has 8 heteroatoms. The number of hydrogen-bond acceptors (Lipinski definition) is 4. The van der Waals surface area contributed by atoms with Crippen molar-refractivity contribution in [3.63, 3.8) is 0 Å². The van der Waals surface area contributed by atoms with Crippen LogP contribution in [0.5, 0.6) is 11.5 Å². The smallest absolute Gasteiger partial charge is 0.261 e. The van der Waals surface area contributed by atoms with Crippen molar-refractivity contribution in [3.8, 4) is 11.5 Å². The third kappa shape index (κ3) is 7.31. The Hall–Kier alpha value is -2.44. The summed E-state index contributed by atoms with van der Waals surface area (Å²) in [5.41, 5.74) is 0.323. The van der Waals surface area contributed by atoms with E-state index in [0.29, 0.717) is 28.0 Å². The highest BCUT2D eigenvalue weighted by atomic mass is 35.5. The second-order valence-corrected chi connectivity index (χ2v) is 9.19. The molecule has 0 saturated heterocycles. The van der Waals surface area contributed by atoms with E-state index in [1.54, 1.807) is 36.4 Å². The van der Waals surface area contributed by atoms with Gasteiger partial charge in [0.05, 0.1) is 17.2 Å². The molecule has 0 bridgehead atoms. The van der Waals surface area contributed by atoms with Crippen molar-refractivity contribution >= 4 is 35.0 Å². The molecule has 0 saturated carbocycles. The van der Waals surface area contributed by atoms with Crippen molar-refractivity contribution in [2.75, 3.05) is 13.7 Å². The largest absolute Gasteiger partial charge is 0.493 e. The van der Waals surface area contributed by atoms with Gasteiger partial charge >= 0.3 is 0 Å². The van der Waals surface area contributed by atoms with Crippen LogP contribution < -0.4 is 14.8 Å². The molecule has 0 aliphatic rings. The van der Waals surface area contributed by atoms with Crippen molar-refractivity contribution in [2.24, 2.45) is 0 Å². The van der Waals surface area contributed by atoms with Crippen molar-refractivity contribution in [1.82, 2.24) is 10.2 Å². The maximum atomic E-state index is 13.3. The van der Waals surface area contributed by atoms with E-state index in [9.17, 15) is 9.59 Å². The van der Waals surface area contributed by atoms with Crippen LogP contribution >= 0.6 is 23.2 Å². The van der Waals surface area contributed by atoms with Crippen LogP contribution in [0.1, 0.15) is 39.7 Å². The van der Waals surface area contributed by atoms with Gasteiger partial charge in [-0.15, -0.1) is 0 Å². The fourth-order valence-electron chi connectivity index (χ4n) is 3.17. The first kappa shape index (κ1) is 25.8. The molecule has 2 amide bonds. The Balaban J connectivity index is 2.29. The highest BCUT2D eigenvalue weighted by molar-refractivity contribution is 6.42. The molecular weight excluding hydrogens is 451 g/mol. The normalized spacial score (nSPS) is 12.1.